The third-order valence-electron chi connectivity index (χ3n) is 3.81. The standard InChI is InChI=1S/C20H15ClN2O5S/c1-2-28-20(25)17-18(24)16(10-12-6-8-15(9-7-12)23(26)27)29-19(17)22-14-5-3-4-13(21)11-14/h3-11,24H,2H2,1H3/b16-10-,22-19?. The molecule has 0 aromatic heterocycles. The van der Waals surface area contributed by atoms with Gasteiger partial charge >= 0.3 is 5.97 Å². The summed E-state index contributed by atoms with van der Waals surface area (Å²) < 4.78 is 5.05. The first kappa shape index (κ1) is 20.6. The first-order valence-electron chi connectivity index (χ1n) is 8.48. The number of nitrogens with zero attached hydrogens (tertiary/aromatic N) is 2. The quantitative estimate of drug-likeness (QED) is 0.385. The zero-order valence-corrected chi connectivity index (χ0v) is 16.7. The van der Waals surface area contributed by atoms with Gasteiger partial charge in [0.2, 0.25) is 0 Å². The Morgan fingerprint density at radius 2 is 2.03 bits per heavy atom. The number of aliphatic hydroxyl groups excluding tert-OH is 1. The highest BCUT2D eigenvalue weighted by molar-refractivity contribution is 8.18. The van der Waals surface area contributed by atoms with Crippen LogP contribution in [-0.2, 0) is 9.53 Å². The van der Waals surface area contributed by atoms with Gasteiger partial charge in [-0.25, -0.2) is 9.79 Å². The Balaban J connectivity index is 2.01. The van der Waals surface area contributed by atoms with Crippen molar-refractivity contribution in [2.75, 3.05) is 6.61 Å². The Kier molecular flexibility index (Phi) is 6.36. The number of benzene rings is 2. The van der Waals surface area contributed by atoms with Crippen molar-refractivity contribution in [2.24, 2.45) is 4.99 Å². The van der Waals surface area contributed by atoms with Crippen LogP contribution in [0.15, 0.2) is 69.8 Å². The Morgan fingerprint density at radius 3 is 2.66 bits per heavy atom. The first-order chi connectivity index (χ1) is 13.9. The largest absolute Gasteiger partial charge is 0.506 e. The zero-order valence-electron chi connectivity index (χ0n) is 15.2. The van der Waals surface area contributed by atoms with E-state index in [1.165, 1.54) is 12.1 Å². The van der Waals surface area contributed by atoms with Gasteiger partial charge in [-0.15, -0.1) is 0 Å². The van der Waals surface area contributed by atoms with Crippen molar-refractivity contribution < 1.29 is 19.6 Å². The second kappa shape index (κ2) is 8.93. The van der Waals surface area contributed by atoms with Crippen molar-refractivity contribution in [2.45, 2.75) is 6.92 Å². The summed E-state index contributed by atoms with van der Waals surface area (Å²) in [5.74, 6) is -0.946. The van der Waals surface area contributed by atoms with Gasteiger partial charge in [0.05, 0.1) is 22.1 Å². The molecular weight excluding hydrogens is 416 g/mol. The average molecular weight is 431 g/mol. The van der Waals surface area contributed by atoms with Crippen LogP contribution in [0, 0.1) is 10.1 Å². The van der Waals surface area contributed by atoms with Crippen LogP contribution in [0.3, 0.4) is 0 Å². The highest BCUT2D eigenvalue weighted by atomic mass is 35.5. The van der Waals surface area contributed by atoms with Gasteiger partial charge < -0.3 is 9.84 Å². The average Bonchev–Trinajstić information content (AvgIpc) is 2.97. The monoisotopic (exact) mass is 430 g/mol. The highest BCUT2D eigenvalue weighted by Gasteiger charge is 2.33. The molecule has 0 amide bonds. The van der Waals surface area contributed by atoms with Gasteiger partial charge in [0.15, 0.2) is 0 Å². The minimum Gasteiger partial charge on any atom is -0.506 e. The molecule has 2 aromatic carbocycles. The molecule has 0 saturated carbocycles. The van der Waals surface area contributed by atoms with Crippen LogP contribution < -0.4 is 0 Å². The summed E-state index contributed by atoms with van der Waals surface area (Å²) in [6.45, 7) is 1.81. The maximum absolute atomic E-state index is 12.4. The third kappa shape index (κ3) is 4.85. The highest BCUT2D eigenvalue weighted by Crippen LogP contribution is 2.40. The van der Waals surface area contributed by atoms with Gasteiger partial charge in [-0.1, -0.05) is 29.4 Å². The van der Waals surface area contributed by atoms with Gasteiger partial charge in [0, 0.05) is 17.2 Å². The van der Waals surface area contributed by atoms with Crippen LogP contribution in [0.2, 0.25) is 5.02 Å². The Bertz CT molecular complexity index is 1060. The van der Waals surface area contributed by atoms with Gasteiger partial charge in [0.1, 0.15) is 16.4 Å². The predicted octanol–water partition coefficient (Wildman–Crippen LogP) is 5.44. The third-order valence-corrected chi connectivity index (χ3v) is 5.07. The molecule has 2 aromatic rings. The molecule has 7 nitrogen and oxygen atoms in total. The van der Waals surface area contributed by atoms with Crippen molar-refractivity contribution >= 4 is 51.8 Å². The summed E-state index contributed by atoms with van der Waals surface area (Å²) in [6.07, 6.45) is 1.61. The fourth-order valence-electron chi connectivity index (χ4n) is 2.50. The summed E-state index contributed by atoms with van der Waals surface area (Å²) in [5, 5.41) is 22.2. The summed E-state index contributed by atoms with van der Waals surface area (Å²) in [7, 11) is 0. The lowest BCUT2D eigenvalue weighted by Crippen LogP contribution is -2.12. The number of aliphatic imine (C=N–C) groups is 1. The van der Waals surface area contributed by atoms with E-state index in [2.05, 4.69) is 4.99 Å². The number of non-ortho nitro benzene ring substituents is 1. The van der Waals surface area contributed by atoms with Crippen molar-refractivity contribution in [3.63, 3.8) is 0 Å². The van der Waals surface area contributed by atoms with Crippen molar-refractivity contribution in [1.82, 2.24) is 0 Å². The predicted molar refractivity (Wildman–Crippen MR) is 113 cm³/mol. The number of aliphatic hydroxyl groups is 1. The molecule has 1 aliphatic rings. The number of halogens is 1. The number of hydrogen-bond donors (Lipinski definition) is 1. The van der Waals surface area contributed by atoms with Crippen LogP contribution in [0.4, 0.5) is 11.4 Å². The number of rotatable bonds is 5. The smallest absolute Gasteiger partial charge is 0.344 e. The Hall–Kier alpha value is -3.10. The molecule has 29 heavy (non-hydrogen) atoms. The number of nitro benzene ring substituents is 1. The van der Waals surface area contributed by atoms with Crippen LogP contribution >= 0.6 is 23.4 Å². The Morgan fingerprint density at radius 1 is 1.31 bits per heavy atom. The Labute approximate surface area is 175 Å². The van der Waals surface area contributed by atoms with Gasteiger partial charge in [-0.2, -0.15) is 0 Å². The number of hydrogen-bond acceptors (Lipinski definition) is 7. The van der Waals surface area contributed by atoms with E-state index in [1.54, 1.807) is 49.4 Å². The van der Waals surface area contributed by atoms with E-state index in [9.17, 15) is 20.0 Å². The van der Waals surface area contributed by atoms with Gasteiger partial charge in [-0.3, -0.25) is 10.1 Å². The molecule has 0 bridgehead atoms. The fraction of sp³-hybridized carbons (Fsp3) is 0.100. The maximum atomic E-state index is 12.4. The van der Waals surface area contributed by atoms with E-state index < -0.39 is 10.9 Å². The SMILES string of the molecule is CCOC(=O)C1=C(O)/C(=C/c2ccc([N+](=O)[O-])cc2)SC1=Nc1cccc(Cl)c1. The van der Waals surface area contributed by atoms with Crippen molar-refractivity contribution in [3.05, 3.63) is 85.5 Å². The number of ether oxygens (including phenoxy) is 1. The van der Waals surface area contributed by atoms with E-state index >= 15 is 0 Å². The van der Waals surface area contributed by atoms with Crippen LogP contribution in [0.25, 0.3) is 6.08 Å². The summed E-state index contributed by atoms with van der Waals surface area (Å²) >= 11 is 7.09. The van der Waals surface area contributed by atoms with E-state index in [4.69, 9.17) is 16.3 Å². The summed E-state index contributed by atoms with van der Waals surface area (Å²) in [6, 6.07) is 12.6. The molecular formula is C20H15ClN2O5S. The van der Waals surface area contributed by atoms with E-state index in [0.29, 0.717) is 21.2 Å². The van der Waals surface area contributed by atoms with Crippen LogP contribution in [-0.4, -0.2) is 27.6 Å². The molecule has 0 atom stereocenters. The number of nitro groups is 1. The van der Waals surface area contributed by atoms with Crippen molar-refractivity contribution in [3.8, 4) is 0 Å². The lowest BCUT2D eigenvalue weighted by molar-refractivity contribution is -0.384. The molecule has 0 unspecified atom stereocenters. The lowest BCUT2D eigenvalue weighted by Gasteiger charge is -2.04. The van der Waals surface area contributed by atoms with E-state index in [0.717, 1.165) is 11.8 Å². The van der Waals surface area contributed by atoms with Crippen molar-refractivity contribution in [1.29, 1.82) is 0 Å². The number of carbonyl (C=O) groups is 1. The zero-order chi connectivity index (χ0) is 21.0. The minimum atomic E-state index is -0.689. The minimum absolute atomic E-state index is 0.0370. The number of thioether (sulfide) groups is 1. The first-order valence-corrected chi connectivity index (χ1v) is 9.68. The molecule has 1 heterocycles. The maximum Gasteiger partial charge on any atom is 0.344 e. The lowest BCUT2D eigenvalue weighted by atomic mass is 10.1. The number of esters is 1. The molecule has 0 saturated heterocycles. The molecule has 0 spiro atoms. The molecule has 3 rings (SSSR count). The van der Waals surface area contributed by atoms with Crippen LogP contribution in [0.5, 0.6) is 0 Å². The molecule has 1 N–H and O–H groups in total. The number of carbonyl (C=O) groups excluding carboxylic acids is 1. The molecule has 0 radical (unpaired) electrons. The van der Waals surface area contributed by atoms with Gasteiger partial charge in [-0.05, 0) is 48.9 Å². The molecule has 9 heteroatoms. The second-order valence-corrected chi connectivity index (χ2v) is 7.27. The van der Waals surface area contributed by atoms with Gasteiger partial charge in [0.25, 0.3) is 5.69 Å². The molecule has 0 fully saturated rings. The fourth-order valence-corrected chi connectivity index (χ4v) is 3.72. The topological polar surface area (TPSA) is 102 Å². The van der Waals surface area contributed by atoms with Crippen LogP contribution in [0.1, 0.15) is 12.5 Å². The normalized spacial score (nSPS) is 16.5. The molecule has 0 aliphatic carbocycles. The van der Waals surface area contributed by atoms with E-state index in [-0.39, 0.29) is 28.7 Å². The molecule has 148 valence electrons. The van der Waals surface area contributed by atoms with E-state index in [1.807, 2.05) is 0 Å². The second-order valence-electron chi connectivity index (χ2n) is 5.80. The summed E-state index contributed by atoms with van der Waals surface area (Å²) in [4.78, 5) is 27.5. The molecule has 1 aliphatic heterocycles. The summed E-state index contributed by atoms with van der Waals surface area (Å²) in [5.41, 5.74) is 1.06.